The summed E-state index contributed by atoms with van der Waals surface area (Å²) in [6.07, 6.45) is -4.89. The van der Waals surface area contributed by atoms with Gasteiger partial charge in [0.25, 0.3) is 5.91 Å². The number of nitrogens with one attached hydrogen (secondary N) is 2. The summed E-state index contributed by atoms with van der Waals surface area (Å²) in [7, 11) is 0. The van der Waals surface area contributed by atoms with Gasteiger partial charge in [-0.05, 0) is 30.7 Å². The van der Waals surface area contributed by atoms with E-state index in [1.165, 1.54) is 43.3 Å². The minimum absolute atomic E-state index is 0.0658. The van der Waals surface area contributed by atoms with Gasteiger partial charge in [-0.3, -0.25) is 14.5 Å². The lowest BCUT2D eigenvalue weighted by atomic mass is 9.92. The second kappa shape index (κ2) is 8.87. The molecule has 3 rings (SSSR count). The number of halogens is 5. The lowest BCUT2D eigenvalue weighted by Crippen LogP contribution is -2.43. The molecular weight excluding hydrogens is 474 g/mol. The summed E-state index contributed by atoms with van der Waals surface area (Å²) in [5.74, 6) is -1.92. The Morgan fingerprint density at radius 1 is 1.16 bits per heavy atom. The van der Waals surface area contributed by atoms with Gasteiger partial charge in [-0.2, -0.15) is 0 Å². The first-order valence-electron chi connectivity index (χ1n) is 9.11. The highest BCUT2D eigenvalue weighted by Gasteiger charge is 2.49. The van der Waals surface area contributed by atoms with Crippen LogP contribution in [0.4, 0.5) is 18.0 Å². The number of imide groups is 1. The van der Waals surface area contributed by atoms with Crippen molar-refractivity contribution in [2.45, 2.75) is 25.4 Å². The van der Waals surface area contributed by atoms with E-state index >= 15 is 0 Å². The van der Waals surface area contributed by atoms with E-state index in [0.717, 1.165) is 6.07 Å². The third kappa shape index (κ3) is 5.08. The summed E-state index contributed by atoms with van der Waals surface area (Å²) < 4.78 is 41.5. The van der Waals surface area contributed by atoms with E-state index in [1.807, 2.05) is 0 Å². The number of hydrogen-bond acceptors (Lipinski definition) is 4. The van der Waals surface area contributed by atoms with Crippen LogP contribution in [0.25, 0.3) is 0 Å². The van der Waals surface area contributed by atoms with Gasteiger partial charge >= 0.3 is 12.4 Å². The molecule has 32 heavy (non-hydrogen) atoms. The first-order chi connectivity index (χ1) is 14.9. The van der Waals surface area contributed by atoms with E-state index in [9.17, 15) is 27.6 Å². The van der Waals surface area contributed by atoms with E-state index < -0.39 is 42.0 Å². The molecule has 2 N–H and O–H groups in total. The smallest absolute Gasteiger partial charge is 0.405 e. The standard InChI is InChI=1S/C20H16Cl2F3N3O4/c1-19(12-6-7-13(21)14(22)8-12)17(30)28(18(31)27-19)10-16(29)26-9-11-4-2-3-5-15(11)32-20(23,24)25/h2-8H,9-10H2,1H3,(H,26,29)(H,27,31). The molecule has 1 unspecified atom stereocenters. The summed E-state index contributed by atoms with van der Waals surface area (Å²) in [6.45, 7) is 0.512. The zero-order valence-corrected chi connectivity index (χ0v) is 17.9. The van der Waals surface area contributed by atoms with Crippen LogP contribution < -0.4 is 15.4 Å². The summed E-state index contributed by atoms with van der Waals surface area (Å²) in [4.78, 5) is 38.3. The highest BCUT2D eigenvalue weighted by Crippen LogP contribution is 2.33. The van der Waals surface area contributed by atoms with Gasteiger partial charge in [0.1, 0.15) is 17.8 Å². The van der Waals surface area contributed by atoms with Crippen LogP contribution in [-0.4, -0.2) is 35.7 Å². The summed E-state index contributed by atoms with van der Waals surface area (Å²) in [5.41, 5.74) is -1.04. The van der Waals surface area contributed by atoms with Crippen molar-refractivity contribution in [2.24, 2.45) is 0 Å². The molecule has 0 spiro atoms. The van der Waals surface area contributed by atoms with Crippen molar-refractivity contribution < 1.29 is 32.3 Å². The number of carbonyl (C=O) groups is 3. The number of alkyl halides is 3. The maximum absolute atomic E-state index is 12.9. The average molecular weight is 490 g/mol. The first-order valence-corrected chi connectivity index (χ1v) is 9.86. The molecule has 1 fully saturated rings. The van der Waals surface area contributed by atoms with Crippen molar-refractivity contribution in [1.82, 2.24) is 15.5 Å². The minimum atomic E-state index is -4.89. The zero-order valence-electron chi connectivity index (χ0n) is 16.4. The average Bonchev–Trinajstić information content (AvgIpc) is 2.92. The number of ether oxygens (including phenoxy) is 1. The number of benzene rings is 2. The second-order valence-electron chi connectivity index (χ2n) is 7.01. The highest BCUT2D eigenvalue weighted by molar-refractivity contribution is 6.42. The van der Waals surface area contributed by atoms with E-state index in [4.69, 9.17) is 23.2 Å². The lowest BCUT2D eigenvalue weighted by molar-refractivity contribution is -0.274. The van der Waals surface area contributed by atoms with Gasteiger partial charge in [0.15, 0.2) is 0 Å². The van der Waals surface area contributed by atoms with Crippen molar-refractivity contribution >= 4 is 41.0 Å². The van der Waals surface area contributed by atoms with E-state index in [1.54, 1.807) is 0 Å². The summed E-state index contributed by atoms with van der Waals surface area (Å²) >= 11 is 11.9. The fraction of sp³-hybridized carbons (Fsp3) is 0.250. The molecule has 0 aliphatic carbocycles. The van der Waals surface area contributed by atoms with Crippen LogP contribution in [0.3, 0.4) is 0 Å². The van der Waals surface area contributed by atoms with Gasteiger partial charge < -0.3 is 15.4 Å². The molecule has 0 radical (unpaired) electrons. The van der Waals surface area contributed by atoms with Gasteiger partial charge in [0, 0.05) is 12.1 Å². The molecule has 1 aliphatic rings. The van der Waals surface area contributed by atoms with E-state index in [0.29, 0.717) is 10.5 Å². The van der Waals surface area contributed by atoms with Crippen LogP contribution in [0.15, 0.2) is 42.5 Å². The molecule has 1 atom stereocenters. The maximum Gasteiger partial charge on any atom is 0.573 e. The molecule has 12 heteroatoms. The van der Waals surface area contributed by atoms with E-state index in [2.05, 4.69) is 15.4 Å². The normalized spacial score (nSPS) is 18.5. The van der Waals surface area contributed by atoms with Crippen molar-refractivity contribution in [1.29, 1.82) is 0 Å². The fourth-order valence-electron chi connectivity index (χ4n) is 3.11. The van der Waals surface area contributed by atoms with Gasteiger partial charge in [-0.25, -0.2) is 4.79 Å². The largest absolute Gasteiger partial charge is 0.573 e. The van der Waals surface area contributed by atoms with Crippen LogP contribution in [0.2, 0.25) is 10.0 Å². The molecule has 170 valence electrons. The van der Waals surface area contributed by atoms with E-state index in [-0.39, 0.29) is 22.2 Å². The van der Waals surface area contributed by atoms with Crippen molar-refractivity contribution in [3.8, 4) is 5.75 Å². The third-order valence-corrected chi connectivity index (χ3v) is 5.49. The lowest BCUT2D eigenvalue weighted by Gasteiger charge is -2.22. The molecule has 1 saturated heterocycles. The van der Waals surface area contributed by atoms with Gasteiger partial charge in [0.2, 0.25) is 5.91 Å². The highest BCUT2D eigenvalue weighted by atomic mass is 35.5. The number of amides is 4. The predicted octanol–water partition coefficient (Wildman–Crippen LogP) is 3.98. The molecule has 2 aromatic carbocycles. The predicted molar refractivity (Wildman–Crippen MR) is 109 cm³/mol. The molecule has 0 saturated carbocycles. The second-order valence-corrected chi connectivity index (χ2v) is 7.82. The van der Waals surface area contributed by atoms with Crippen LogP contribution in [-0.2, 0) is 21.7 Å². The molecule has 2 aromatic rings. The summed E-state index contributed by atoms with van der Waals surface area (Å²) in [6, 6.07) is 8.90. The Morgan fingerprint density at radius 2 is 1.84 bits per heavy atom. The topological polar surface area (TPSA) is 87.7 Å². The molecule has 1 aliphatic heterocycles. The van der Waals surface area contributed by atoms with Crippen molar-refractivity contribution in [3.63, 3.8) is 0 Å². The number of hydrogen-bond donors (Lipinski definition) is 2. The quantitative estimate of drug-likeness (QED) is 0.600. The Labute approximate surface area is 190 Å². The van der Waals surface area contributed by atoms with Crippen molar-refractivity contribution in [3.05, 3.63) is 63.6 Å². The Balaban J connectivity index is 1.68. The zero-order chi connectivity index (χ0) is 23.7. The molecule has 7 nitrogen and oxygen atoms in total. The van der Waals surface area contributed by atoms with Gasteiger partial charge in [-0.15, -0.1) is 13.2 Å². The van der Waals surface area contributed by atoms with Gasteiger partial charge in [0.05, 0.1) is 10.0 Å². The SMILES string of the molecule is CC1(c2ccc(Cl)c(Cl)c2)NC(=O)N(CC(=O)NCc2ccccc2OC(F)(F)F)C1=O. The number of carbonyl (C=O) groups excluding carboxylic acids is 3. The molecule has 4 amide bonds. The molecule has 0 bridgehead atoms. The molecule has 1 heterocycles. The fourth-order valence-corrected chi connectivity index (χ4v) is 3.41. The number of urea groups is 1. The van der Waals surface area contributed by atoms with Crippen LogP contribution in [0, 0.1) is 0 Å². The molecular formula is C20H16Cl2F3N3O4. The molecule has 0 aromatic heterocycles. The first kappa shape index (κ1) is 23.7. The third-order valence-electron chi connectivity index (χ3n) is 4.75. The number of nitrogens with zero attached hydrogens (tertiary/aromatic N) is 1. The monoisotopic (exact) mass is 489 g/mol. The Hall–Kier alpha value is -2.98. The number of para-hydroxylation sites is 1. The Kier molecular flexibility index (Phi) is 6.56. The van der Waals surface area contributed by atoms with Crippen molar-refractivity contribution in [2.75, 3.05) is 6.54 Å². The van der Waals surface area contributed by atoms with Crippen LogP contribution >= 0.6 is 23.2 Å². The van der Waals surface area contributed by atoms with Crippen LogP contribution in [0.5, 0.6) is 5.75 Å². The maximum atomic E-state index is 12.9. The van der Waals surface area contributed by atoms with Gasteiger partial charge in [-0.1, -0.05) is 47.5 Å². The Bertz CT molecular complexity index is 1080. The minimum Gasteiger partial charge on any atom is -0.405 e. The number of rotatable bonds is 6. The van der Waals surface area contributed by atoms with Crippen LogP contribution in [0.1, 0.15) is 18.1 Å². The Morgan fingerprint density at radius 3 is 2.50 bits per heavy atom. The summed E-state index contributed by atoms with van der Waals surface area (Å²) in [5, 5.41) is 5.35.